The maximum atomic E-state index is 12.4. The Morgan fingerprint density at radius 1 is 0.952 bits per heavy atom. The summed E-state index contributed by atoms with van der Waals surface area (Å²) in [5.74, 6) is 0. The van der Waals surface area contributed by atoms with E-state index in [4.69, 9.17) is 0 Å². The highest BCUT2D eigenvalue weighted by Crippen LogP contribution is 2.29. The smallest absolute Gasteiger partial charge is 0.315 e. The van der Waals surface area contributed by atoms with Crippen LogP contribution in [0.1, 0.15) is 30.4 Å². The number of alkyl halides is 3. The van der Waals surface area contributed by atoms with Crippen LogP contribution in [0.25, 0.3) is 0 Å². The van der Waals surface area contributed by atoms with Gasteiger partial charge in [-0.05, 0) is 56.6 Å². The van der Waals surface area contributed by atoms with Gasteiger partial charge in [-0.25, -0.2) is 0 Å². The predicted octanol–water partition coefficient (Wildman–Crippen LogP) is 3.32. The Morgan fingerprint density at radius 3 is 2.24 bits per heavy atom. The molecule has 1 aromatic rings. The third kappa shape index (κ3) is 5.67. The zero-order valence-corrected chi connectivity index (χ0v) is 12.3. The van der Waals surface area contributed by atoms with Gasteiger partial charge in [0, 0.05) is 13.1 Å². The molecule has 1 heterocycles. The molecule has 0 amide bonds. The number of rotatable bonds is 6. The summed E-state index contributed by atoms with van der Waals surface area (Å²) in [5.41, 5.74) is 0.359. The molecule has 0 bridgehead atoms. The number of hydrogen-bond acceptors (Lipinski definition) is 2. The fraction of sp³-hybridized carbons (Fsp3) is 0.625. The highest BCUT2D eigenvalue weighted by atomic mass is 19.4. The van der Waals surface area contributed by atoms with Crippen molar-refractivity contribution in [1.82, 2.24) is 10.2 Å². The molecule has 0 saturated carbocycles. The lowest BCUT2D eigenvalue weighted by atomic mass is 10.1. The van der Waals surface area contributed by atoms with E-state index in [0.717, 1.165) is 43.8 Å². The van der Waals surface area contributed by atoms with E-state index in [1.54, 1.807) is 12.1 Å². The molecule has 2 nitrogen and oxygen atoms in total. The lowest BCUT2D eigenvalue weighted by Gasteiger charge is -2.26. The number of benzene rings is 1. The number of hydrogen-bond donors (Lipinski definition) is 1. The van der Waals surface area contributed by atoms with E-state index in [2.05, 4.69) is 10.2 Å². The largest absolute Gasteiger partial charge is 0.416 e. The number of nitrogens with zero attached hydrogens (tertiary/aromatic N) is 1. The zero-order chi connectivity index (χ0) is 15.1. The Hall–Kier alpha value is -1.07. The Bertz CT molecular complexity index is 409. The van der Waals surface area contributed by atoms with Crippen molar-refractivity contribution in [2.24, 2.45) is 0 Å². The van der Waals surface area contributed by atoms with E-state index in [0.29, 0.717) is 0 Å². The second-order valence-electron chi connectivity index (χ2n) is 5.60. The average Bonchev–Trinajstić information content (AvgIpc) is 2.47. The molecule has 0 spiro atoms. The maximum Gasteiger partial charge on any atom is 0.416 e. The molecule has 0 radical (unpaired) electrons. The van der Waals surface area contributed by atoms with Gasteiger partial charge in [0.05, 0.1) is 5.56 Å². The molecule has 0 unspecified atom stereocenters. The molecule has 1 saturated heterocycles. The molecule has 5 heteroatoms. The molecule has 0 atom stereocenters. The molecule has 0 aromatic heterocycles. The van der Waals surface area contributed by atoms with Crippen LogP contribution in [0, 0.1) is 0 Å². The molecule has 1 aliphatic heterocycles. The van der Waals surface area contributed by atoms with Crippen LogP contribution >= 0.6 is 0 Å². The summed E-state index contributed by atoms with van der Waals surface area (Å²) in [4.78, 5) is 2.47. The van der Waals surface area contributed by atoms with Crippen LogP contribution in [0.15, 0.2) is 24.3 Å². The summed E-state index contributed by atoms with van der Waals surface area (Å²) in [6, 6.07) is 5.44. The van der Waals surface area contributed by atoms with Crippen LogP contribution in [0.2, 0.25) is 0 Å². The summed E-state index contributed by atoms with van der Waals surface area (Å²) < 4.78 is 37.3. The number of nitrogens with one attached hydrogen (secondary N) is 1. The molecule has 2 rings (SSSR count). The van der Waals surface area contributed by atoms with Gasteiger partial charge in [-0.3, -0.25) is 0 Å². The van der Waals surface area contributed by atoms with Crippen molar-refractivity contribution in [3.8, 4) is 0 Å². The summed E-state index contributed by atoms with van der Waals surface area (Å²) in [5, 5.41) is 3.36. The van der Waals surface area contributed by atoms with Crippen molar-refractivity contribution >= 4 is 0 Å². The van der Waals surface area contributed by atoms with E-state index in [-0.39, 0.29) is 0 Å². The second kappa shape index (κ2) is 7.80. The van der Waals surface area contributed by atoms with Crippen LogP contribution in [-0.2, 0) is 12.6 Å². The van der Waals surface area contributed by atoms with Crippen molar-refractivity contribution in [3.05, 3.63) is 35.4 Å². The Labute approximate surface area is 124 Å². The van der Waals surface area contributed by atoms with Gasteiger partial charge in [0.25, 0.3) is 0 Å². The third-order valence-corrected chi connectivity index (χ3v) is 3.93. The van der Waals surface area contributed by atoms with Crippen molar-refractivity contribution in [1.29, 1.82) is 0 Å². The maximum absolute atomic E-state index is 12.4. The van der Waals surface area contributed by atoms with E-state index < -0.39 is 11.7 Å². The van der Waals surface area contributed by atoms with E-state index >= 15 is 0 Å². The minimum Gasteiger partial charge on any atom is -0.315 e. The topological polar surface area (TPSA) is 15.3 Å². The van der Waals surface area contributed by atoms with Crippen LogP contribution in [0.3, 0.4) is 0 Å². The van der Waals surface area contributed by atoms with Gasteiger partial charge in [0.1, 0.15) is 0 Å². The van der Waals surface area contributed by atoms with Crippen LogP contribution in [0.4, 0.5) is 13.2 Å². The molecule has 1 aromatic carbocycles. The molecular formula is C16H23F3N2. The Balaban J connectivity index is 1.62. The molecule has 1 aliphatic rings. The van der Waals surface area contributed by atoms with Crippen molar-refractivity contribution < 1.29 is 13.2 Å². The fourth-order valence-corrected chi connectivity index (χ4v) is 2.64. The summed E-state index contributed by atoms with van der Waals surface area (Å²) in [7, 11) is 0. The van der Waals surface area contributed by atoms with Crippen LogP contribution in [0.5, 0.6) is 0 Å². The minimum absolute atomic E-state index is 0.579. The fourth-order valence-electron chi connectivity index (χ4n) is 2.64. The summed E-state index contributed by atoms with van der Waals surface area (Å²) in [6.45, 7) is 5.20. The average molecular weight is 300 g/mol. The van der Waals surface area contributed by atoms with Gasteiger partial charge in [-0.15, -0.1) is 0 Å². The summed E-state index contributed by atoms with van der Waals surface area (Å²) in [6.07, 6.45) is 0.457. The summed E-state index contributed by atoms with van der Waals surface area (Å²) >= 11 is 0. The van der Waals surface area contributed by atoms with Gasteiger partial charge in [0.2, 0.25) is 0 Å². The van der Waals surface area contributed by atoms with E-state index in [9.17, 15) is 13.2 Å². The van der Waals surface area contributed by atoms with Gasteiger partial charge < -0.3 is 10.2 Å². The van der Waals surface area contributed by atoms with Crippen LogP contribution in [-0.4, -0.2) is 37.6 Å². The van der Waals surface area contributed by atoms with E-state index in [1.807, 2.05) is 0 Å². The first kappa shape index (κ1) is 16.3. The van der Waals surface area contributed by atoms with Crippen molar-refractivity contribution in [3.63, 3.8) is 0 Å². The normalized spacial score (nSPS) is 17.1. The highest BCUT2D eigenvalue weighted by molar-refractivity contribution is 5.24. The zero-order valence-electron chi connectivity index (χ0n) is 12.3. The Morgan fingerprint density at radius 2 is 1.62 bits per heavy atom. The van der Waals surface area contributed by atoms with Gasteiger partial charge in [0.15, 0.2) is 0 Å². The van der Waals surface area contributed by atoms with Gasteiger partial charge in [-0.2, -0.15) is 13.2 Å². The number of likely N-dealkylation sites (tertiary alicyclic amines) is 1. The lowest BCUT2D eigenvalue weighted by molar-refractivity contribution is -0.137. The first-order chi connectivity index (χ1) is 10.1. The second-order valence-corrected chi connectivity index (χ2v) is 5.60. The molecule has 21 heavy (non-hydrogen) atoms. The SMILES string of the molecule is FC(F)(F)c1ccc(CCNCCN2CCCCC2)cc1. The molecule has 1 N–H and O–H groups in total. The lowest BCUT2D eigenvalue weighted by Crippen LogP contribution is -2.36. The molecular weight excluding hydrogens is 277 g/mol. The van der Waals surface area contributed by atoms with E-state index in [1.165, 1.54) is 32.4 Å². The monoisotopic (exact) mass is 300 g/mol. The standard InChI is InChI=1S/C16H23F3N2/c17-16(18,19)15-6-4-14(5-7-15)8-9-20-10-13-21-11-2-1-3-12-21/h4-7,20H,1-3,8-13H2. The van der Waals surface area contributed by atoms with Crippen molar-refractivity contribution in [2.75, 3.05) is 32.7 Å². The molecule has 1 fully saturated rings. The Kier molecular flexibility index (Phi) is 6.06. The molecule has 0 aliphatic carbocycles. The number of piperidine rings is 1. The minimum atomic E-state index is -4.24. The first-order valence-corrected chi connectivity index (χ1v) is 7.65. The third-order valence-electron chi connectivity index (χ3n) is 3.93. The van der Waals surface area contributed by atoms with Crippen molar-refractivity contribution in [2.45, 2.75) is 31.9 Å². The van der Waals surface area contributed by atoms with Crippen LogP contribution < -0.4 is 5.32 Å². The van der Waals surface area contributed by atoms with Gasteiger partial charge >= 0.3 is 6.18 Å². The molecule has 118 valence electrons. The predicted molar refractivity (Wildman–Crippen MR) is 78.3 cm³/mol. The number of halogens is 3. The first-order valence-electron chi connectivity index (χ1n) is 7.65. The highest BCUT2D eigenvalue weighted by Gasteiger charge is 2.29. The quantitative estimate of drug-likeness (QED) is 0.811. The van der Waals surface area contributed by atoms with Gasteiger partial charge in [-0.1, -0.05) is 18.6 Å².